The molecule has 0 unspecified atom stereocenters. The Morgan fingerprint density at radius 1 is 1.35 bits per heavy atom. The van der Waals surface area contributed by atoms with Crippen LogP contribution in [0.15, 0.2) is 29.4 Å². The first-order valence-corrected chi connectivity index (χ1v) is 6.63. The molecule has 0 aliphatic carbocycles. The zero-order valence-corrected chi connectivity index (χ0v) is 11.9. The van der Waals surface area contributed by atoms with Gasteiger partial charge in [0.25, 0.3) is 0 Å². The normalized spacial score (nSPS) is 13.5. The van der Waals surface area contributed by atoms with E-state index in [1.807, 2.05) is 0 Å². The first-order valence-electron chi connectivity index (χ1n) is 6.63. The Balaban J connectivity index is 2.36. The number of nitrogens with zero attached hydrogens (tertiary/aromatic N) is 1. The highest BCUT2D eigenvalue weighted by Gasteiger charge is 2.10. The molecule has 6 nitrogen and oxygen atoms in total. The number of benzene rings is 1. The SMILES string of the molecule is CC(C)[C@@H](CO)NCCOc1ccc(C(N)=NO)cc1. The van der Waals surface area contributed by atoms with Gasteiger partial charge in [-0.05, 0) is 30.2 Å². The van der Waals surface area contributed by atoms with E-state index >= 15 is 0 Å². The number of nitrogens with two attached hydrogens (primary N) is 1. The Kier molecular flexibility index (Phi) is 6.83. The van der Waals surface area contributed by atoms with Crippen molar-refractivity contribution in [1.29, 1.82) is 0 Å². The Morgan fingerprint density at radius 3 is 2.50 bits per heavy atom. The predicted molar refractivity (Wildman–Crippen MR) is 78.2 cm³/mol. The van der Waals surface area contributed by atoms with Crippen LogP contribution in [0.25, 0.3) is 0 Å². The lowest BCUT2D eigenvalue weighted by atomic mass is 10.1. The van der Waals surface area contributed by atoms with Gasteiger partial charge in [0.05, 0.1) is 6.61 Å². The number of nitrogens with one attached hydrogen (secondary N) is 1. The van der Waals surface area contributed by atoms with Crippen molar-refractivity contribution in [2.24, 2.45) is 16.8 Å². The molecule has 0 bridgehead atoms. The van der Waals surface area contributed by atoms with Crippen molar-refractivity contribution in [1.82, 2.24) is 5.32 Å². The molecule has 0 saturated heterocycles. The first kappa shape index (κ1) is 16.3. The zero-order valence-electron chi connectivity index (χ0n) is 11.9. The summed E-state index contributed by atoms with van der Waals surface area (Å²) in [5.74, 6) is 1.16. The fourth-order valence-electron chi connectivity index (χ4n) is 1.70. The van der Waals surface area contributed by atoms with Gasteiger partial charge in [-0.15, -0.1) is 0 Å². The van der Waals surface area contributed by atoms with Crippen molar-refractivity contribution in [2.45, 2.75) is 19.9 Å². The van der Waals surface area contributed by atoms with E-state index in [1.165, 1.54) is 0 Å². The molecular formula is C14H23N3O3. The second kappa shape index (κ2) is 8.39. The Hall–Kier alpha value is -1.79. The molecule has 1 aromatic rings. The molecule has 5 N–H and O–H groups in total. The number of amidine groups is 1. The van der Waals surface area contributed by atoms with Crippen LogP contribution in [-0.2, 0) is 0 Å². The number of rotatable bonds is 8. The van der Waals surface area contributed by atoms with E-state index in [4.69, 9.17) is 15.7 Å². The van der Waals surface area contributed by atoms with Crippen LogP contribution in [0.1, 0.15) is 19.4 Å². The predicted octanol–water partition coefficient (Wildman–Crippen LogP) is 0.766. The average molecular weight is 281 g/mol. The third-order valence-electron chi connectivity index (χ3n) is 3.04. The minimum Gasteiger partial charge on any atom is -0.492 e. The molecule has 0 aliphatic heterocycles. The van der Waals surface area contributed by atoms with Gasteiger partial charge in [0, 0.05) is 18.2 Å². The van der Waals surface area contributed by atoms with Crippen molar-refractivity contribution >= 4 is 5.84 Å². The number of oxime groups is 1. The molecule has 0 spiro atoms. The van der Waals surface area contributed by atoms with Crippen LogP contribution in [-0.4, -0.2) is 41.9 Å². The second-order valence-corrected chi connectivity index (χ2v) is 4.85. The van der Waals surface area contributed by atoms with E-state index in [1.54, 1.807) is 24.3 Å². The molecule has 0 amide bonds. The Bertz CT molecular complexity index is 418. The number of hydrogen-bond donors (Lipinski definition) is 4. The minimum atomic E-state index is 0.0703. The largest absolute Gasteiger partial charge is 0.492 e. The van der Waals surface area contributed by atoms with Crippen LogP contribution in [0, 0.1) is 5.92 Å². The maximum atomic E-state index is 9.17. The van der Waals surface area contributed by atoms with Gasteiger partial charge in [-0.2, -0.15) is 0 Å². The van der Waals surface area contributed by atoms with Crippen molar-refractivity contribution in [3.63, 3.8) is 0 Å². The van der Waals surface area contributed by atoms with Gasteiger partial charge >= 0.3 is 0 Å². The summed E-state index contributed by atoms with van der Waals surface area (Å²) < 4.78 is 5.56. The lowest BCUT2D eigenvalue weighted by Crippen LogP contribution is -2.39. The molecule has 0 aromatic heterocycles. The van der Waals surface area contributed by atoms with Gasteiger partial charge < -0.3 is 26.1 Å². The van der Waals surface area contributed by atoms with E-state index in [9.17, 15) is 5.11 Å². The van der Waals surface area contributed by atoms with E-state index in [-0.39, 0.29) is 18.5 Å². The van der Waals surface area contributed by atoms with Crippen LogP contribution in [0.5, 0.6) is 5.75 Å². The van der Waals surface area contributed by atoms with Gasteiger partial charge in [-0.1, -0.05) is 19.0 Å². The third kappa shape index (κ3) is 5.07. The number of hydrogen-bond acceptors (Lipinski definition) is 5. The van der Waals surface area contributed by atoms with Gasteiger partial charge in [0.2, 0.25) is 0 Å². The molecule has 0 heterocycles. The number of aliphatic hydroxyl groups excluding tert-OH is 1. The fourth-order valence-corrected chi connectivity index (χ4v) is 1.70. The summed E-state index contributed by atoms with van der Waals surface area (Å²) in [6, 6.07) is 7.06. The summed E-state index contributed by atoms with van der Waals surface area (Å²) >= 11 is 0. The van der Waals surface area contributed by atoms with Gasteiger partial charge in [-0.25, -0.2) is 0 Å². The van der Waals surface area contributed by atoms with Crippen molar-refractivity contribution in [3.8, 4) is 5.75 Å². The first-order chi connectivity index (χ1) is 9.58. The van der Waals surface area contributed by atoms with Gasteiger partial charge in [0.1, 0.15) is 12.4 Å². The Morgan fingerprint density at radius 2 is 2.00 bits per heavy atom. The molecule has 20 heavy (non-hydrogen) atoms. The van der Waals surface area contributed by atoms with Crippen LogP contribution < -0.4 is 15.8 Å². The monoisotopic (exact) mass is 281 g/mol. The van der Waals surface area contributed by atoms with E-state index in [0.29, 0.717) is 30.4 Å². The molecule has 112 valence electrons. The molecule has 0 aliphatic rings. The number of ether oxygens (including phenoxy) is 1. The summed E-state index contributed by atoms with van der Waals surface area (Å²) in [5, 5.41) is 23.9. The van der Waals surface area contributed by atoms with Crippen molar-refractivity contribution < 1.29 is 15.1 Å². The second-order valence-electron chi connectivity index (χ2n) is 4.85. The highest BCUT2D eigenvalue weighted by Crippen LogP contribution is 2.11. The van der Waals surface area contributed by atoms with Crippen molar-refractivity contribution in [2.75, 3.05) is 19.8 Å². The lowest BCUT2D eigenvalue weighted by Gasteiger charge is -2.19. The van der Waals surface area contributed by atoms with E-state index < -0.39 is 0 Å². The molecular weight excluding hydrogens is 258 g/mol. The topological polar surface area (TPSA) is 100 Å². The molecule has 0 saturated carbocycles. The zero-order chi connectivity index (χ0) is 15.0. The summed E-state index contributed by atoms with van der Waals surface area (Å²) in [5.41, 5.74) is 6.11. The van der Waals surface area contributed by atoms with Crippen molar-refractivity contribution in [3.05, 3.63) is 29.8 Å². The summed E-state index contributed by atoms with van der Waals surface area (Å²) in [7, 11) is 0. The molecule has 1 atom stereocenters. The van der Waals surface area contributed by atoms with Gasteiger partial charge in [0.15, 0.2) is 5.84 Å². The molecule has 6 heteroatoms. The molecule has 0 fully saturated rings. The smallest absolute Gasteiger partial charge is 0.170 e. The number of aliphatic hydroxyl groups is 1. The Labute approximate surface area is 119 Å². The highest BCUT2D eigenvalue weighted by atomic mass is 16.5. The van der Waals surface area contributed by atoms with Crippen LogP contribution >= 0.6 is 0 Å². The highest BCUT2D eigenvalue weighted by molar-refractivity contribution is 5.97. The third-order valence-corrected chi connectivity index (χ3v) is 3.04. The summed E-state index contributed by atoms with van der Waals surface area (Å²) in [6.45, 7) is 5.39. The lowest BCUT2D eigenvalue weighted by molar-refractivity contribution is 0.202. The van der Waals surface area contributed by atoms with E-state index in [2.05, 4.69) is 24.3 Å². The quantitative estimate of drug-likeness (QED) is 0.185. The molecule has 1 rings (SSSR count). The van der Waals surface area contributed by atoms with E-state index in [0.717, 1.165) is 0 Å². The molecule has 0 radical (unpaired) electrons. The maximum absolute atomic E-state index is 9.17. The van der Waals surface area contributed by atoms with Crippen LogP contribution in [0.4, 0.5) is 0 Å². The standard InChI is InChI=1S/C14H23N3O3/c1-10(2)13(9-18)16-7-8-20-12-5-3-11(4-6-12)14(15)17-19/h3-6,10,13,16,18-19H,7-9H2,1-2H3,(H2,15,17)/t13-/m1/s1. The summed E-state index contributed by atoms with van der Waals surface area (Å²) in [4.78, 5) is 0. The molecule has 1 aromatic carbocycles. The fraction of sp³-hybridized carbons (Fsp3) is 0.500. The minimum absolute atomic E-state index is 0.0703. The average Bonchev–Trinajstić information content (AvgIpc) is 2.46. The summed E-state index contributed by atoms with van der Waals surface area (Å²) in [6.07, 6.45) is 0. The van der Waals surface area contributed by atoms with Crippen LogP contribution in [0.2, 0.25) is 0 Å². The maximum Gasteiger partial charge on any atom is 0.170 e. The van der Waals surface area contributed by atoms with Crippen LogP contribution in [0.3, 0.4) is 0 Å². The van der Waals surface area contributed by atoms with Gasteiger partial charge in [-0.3, -0.25) is 0 Å².